The maximum atomic E-state index is 11.0. The molecule has 0 saturated heterocycles. The van der Waals surface area contributed by atoms with Crippen molar-refractivity contribution in [1.29, 1.82) is 0 Å². The summed E-state index contributed by atoms with van der Waals surface area (Å²) in [6.45, 7) is 2.62. The molecule has 2 aromatic rings. The molecule has 0 saturated carbocycles. The molecule has 0 aliphatic carbocycles. The van der Waals surface area contributed by atoms with Crippen LogP contribution < -0.4 is 9.47 Å². The summed E-state index contributed by atoms with van der Waals surface area (Å²) < 4.78 is 10.0. The van der Waals surface area contributed by atoms with Crippen LogP contribution >= 0.6 is 0 Å². The molecule has 0 atom stereocenters. The van der Waals surface area contributed by atoms with E-state index >= 15 is 0 Å². The van der Waals surface area contributed by atoms with E-state index in [4.69, 9.17) is 9.47 Å². The van der Waals surface area contributed by atoms with Gasteiger partial charge in [0.05, 0.1) is 6.20 Å². The second-order valence-electron chi connectivity index (χ2n) is 3.66. The van der Waals surface area contributed by atoms with E-state index in [1.54, 1.807) is 24.3 Å². The van der Waals surface area contributed by atoms with Gasteiger partial charge in [-0.2, -0.15) is 0 Å². The number of carbonyl (C=O) groups is 2. The van der Waals surface area contributed by atoms with Crippen LogP contribution in [0, 0.1) is 0 Å². The minimum absolute atomic E-state index is 0.203. The second-order valence-corrected chi connectivity index (χ2v) is 3.66. The first-order valence-electron chi connectivity index (χ1n) is 5.32. The highest BCUT2D eigenvalue weighted by atomic mass is 16.5. The molecule has 0 radical (unpaired) electrons. The third-order valence-electron chi connectivity index (χ3n) is 2.22. The summed E-state index contributed by atoms with van der Waals surface area (Å²) in [5, 5.41) is 1.28. The standard InChI is InChI=1S/C13H11NO4/c1-8(15)17-12-7-14-13(18-9(2)16)11-6-4-3-5-10(11)12/h3-7H,1-2H3. The monoisotopic (exact) mass is 245 g/mol. The summed E-state index contributed by atoms with van der Waals surface area (Å²) in [6.07, 6.45) is 1.36. The van der Waals surface area contributed by atoms with Gasteiger partial charge in [-0.1, -0.05) is 18.2 Å². The lowest BCUT2D eigenvalue weighted by Crippen LogP contribution is -2.06. The van der Waals surface area contributed by atoms with E-state index in [0.29, 0.717) is 16.5 Å². The molecule has 0 spiro atoms. The minimum atomic E-state index is -0.451. The Morgan fingerprint density at radius 2 is 1.61 bits per heavy atom. The number of carbonyl (C=O) groups excluding carboxylic acids is 2. The zero-order valence-electron chi connectivity index (χ0n) is 9.97. The summed E-state index contributed by atoms with van der Waals surface area (Å²) in [4.78, 5) is 25.9. The van der Waals surface area contributed by atoms with Gasteiger partial charge in [-0.05, 0) is 6.07 Å². The molecular formula is C13H11NO4. The summed E-state index contributed by atoms with van der Waals surface area (Å²) >= 11 is 0. The first-order chi connectivity index (χ1) is 8.58. The number of esters is 2. The summed E-state index contributed by atoms with van der Waals surface area (Å²) in [6, 6.07) is 7.09. The van der Waals surface area contributed by atoms with Crippen molar-refractivity contribution in [1.82, 2.24) is 4.98 Å². The maximum absolute atomic E-state index is 11.0. The predicted molar refractivity (Wildman–Crippen MR) is 64.4 cm³/mol. The lowest BCUT2D eigenvalue weighted by Gasteiger charge is -2.08. The highest BCUT2D eigenvalue weighted by Crippen LogP contribution is 2.30. The Kier molecular flexibility index (Phi) is 3.23. The number of ether oxygens (including phenoxy) is 2. The van der Waals surface area contributed by atoms with Crippen LogP contribution in [0.5, 0.6) is 11.6 Å². The van der Waals surface area contributed by atoms with Gasteiger partial charge >= 0.3 is 11.9 Å². The Labute approximate surface area is 103 Å². The zero-order chi connectivity index (χ0) is 13.1. The average molecular weight is 245 g/mol. The second kappa shape index (κ2) is 4.83. The first kappa shape index (κ1) is 12.0. The van der Waals surface area contributed by atoms with Crippen LogP contribution in [0.3, 0.4) is 0 Å². The molecule has 0 N–H and O–H groups in total. The van der Waals surface area contributed by atoms with Crippen molar-refractivity contribution in [2.75, 3.05) is 0 Å². The fourth-order valence-electron chi connectivity index (χ4n) is 1.59. The molecule has 5 nitrogen and oxygen atoms in total. The average Bonchev–Trinajstić information content (AvgIpc) is 2.31. The van der Waals surface area contributed by atoms with E-state index < -0.39 is 11.9 Å². The molecule has 5 heteroatoms. The number of nitrogens with zero attached hydrogens (tertiary/aromatic N) is 1. The molecule has 2 rings (SSSR count). The molecule has 0 unspecified atom stereocenters. The lowest BCUT2D eigenvalue weighted by molar-refractivity contribution is -0.133. The van der Waals surface area contributed by atoms with Crippen LogP contribution in [-0.2, 0) is 9.59 Å². The Morgan fingerprint density at radius 1 is 1.00 bits per heavy atom. The predicted octanol–water partition coefficient (Wildman–Crippen LogP) is 2.09. The SMILES string of the molecule is CC(=O)Oc1cnc(OC(C)=O)c2ccccc12. The summed E-state index contributed by atoms with van der Waals surface area (Å²) in [5.41, 5.74) is 0. The zero-order valence-corrected chi connectivity index (χ0v) is 9.97. The maximum Gasteiger partial charge on any atom is 0.309 e. The van der Waals surface area contributed by atoms with Gasteiger partial charge in [-0.15, -0.1) is 0 Å². The van der Waals surface area contributed by atoms with Gasteiger partial charge in [0.1, 0.15) is 0 Å². The summed E-state index contributed by atoms with van der Waals surface area (Å²) in [5.74, 6) is -0.335. The molecule has 0 aliphatic heterocycles. The van der Waals surface area contributed by atoms with E-state index in [1.807, 2.05) is 0 Å². The van der Waals surface area contributed by atoms with Crippen molar-refractivity contribution >= 4 is 22.7 Å². The van der Waals surface area contributed by atoms with Crippen molar-refractivity contribution in [2.45, 2.75) is 13.8 Å². The van der Waals surface area contributed by atoms with Crippen molar-refractivity contribution in [2.24, 2.45) is 0 Å². The van der Waals surface area contributed by atoms with Crippen LogP contribution in [0.4, 0.5) is 0 Å². The van der Waals surface area contributed by atoms with E-state index in [9.17, 15) is 9.59 Å². The molecule has 1 aromatic carbocycles. The van der Waals surface area contributed by atoms with Crippen LogP contribution in [-0.4, -0.2) is 16.9 Å². The van der Waals surface area contributed by atoms with Gasteiger partial charge in [0.2, 0.25) is 5.88 Å². The van der Waals surface area contributed by atoms with Gasteiger partial charge in [0.15, 0.2) is 5.75 Å². The molecule has 0 fully saturated rings. The molecule has 1 heterocycles. The first-order valence-corrected chi connectivity index (χ1v) is 5.32. The molecule has 92 valence electrons. The van der Waals surface area contributed by atoms with Crippen molar-refractivity contribution < 1.29 is 19.1 Å². The molecule has 18 heavy (non-hydrogen) atoms. The quantitative estimate of drug-likeness (QED) is 0.758. The van der Waals surface area contributed by atoms with Crippen molar-refractivity contribution in [3.8, 4) is 11.6 Å². The van der Waals surface area contributed by atoms with Gasteiger partial charge in [0.25, 0.3) is 0 Å². The fourth-order valence-corrected chi connectivity index (χ4v) is 1.59. The number of rotatable bonds is 2. The Morgan fingerprint density at radius 3 is 2.22 bits per heavy atom. The van der Waals surface area contributed by atoms with E-state index in [2.05, 4.69) is 4.98 Å². The van der Waals surface area contributed by atoms with Gasteiger partial charge in [0, 0.05) is 24.6 Å². The van der Waals surface area contributed by atoms with Crippen LogP contribution in [0.25, 0.3) is 10.8 Å². The van der Waals surface area contributed by atoms with E-state index in [-0.39, 0.29) is 5.88 Å². The van der Waals surface area contributed by atoms with Gasteiger partial charge in [-0.25, -0.2) is 4.98 Å². The smallest absolute Gasteiger partial charge is 0.309 e. The van der Waals surface area contributed by atoms with Crippen molar-refractivity contribution in [3.05, 3.63) is 30.5 Å². The highest BCUT2D eigenvalue weighted by molar-refractivity contribution is 5.94. The molecule has 0 bridgehead atoms. The topological polar surface area (TPSA) is 65.5 Å². The largest absolute Gasteiger partial charge is 0.424 e. The Balaban J connectivity index is 2.58. The Bertz CT molecular complexity index is 567. The number of pyridine rings is 1. The third kappa shape index (κ3) is 2.45. The molecule has 1 aromatic heterocycles. The van der Waals surface area contributed by atoms with Gasteiger partial charge in [-0.3, -0.25) is 9.59 Å². The third-order valence-corrected chi connectivity index (χ3v) is 2.22. The van der Waals surface area contributed by atoms with Crippen molar-refractivity contribution in [3.63, 3.8) is 0 Å². The minimum Gasteiger partial charge on any atom is -0.424 e. The van der Waals surface area contributed by atoms with Crippen LogP contribution in [0.15, 0.2) is 30.5 Å². The van der Waals surface area contributed by atoms with Crippen LogP contribution in [0.1, 0.15) is 13.8 Å². The van der Waals surface area contributed by atoms with Crippen LogP contribution in [0.2, 0.25) is 0 Å². The summed E-state index contributed by atoms with van der Waals surface area (Å²) in [7, 11) is 0. The number of hydrogen-bond acceptors (Lipinski definition) is 5. The lowest BCUT2D eigenvalue weighted by atomic mass is 10.1. The number of hydrogen-bond donors (Lipinski definition) is 0. The normalized spacial score (nSPS) is 10.1. The molecule has 0 amide bonds. The Hall–Kier alpha value is -2.43. The number of benzene rings is 1. The van der Waals surface area contributed by atoms with E-state index in [0.717, 1.165) is 0 Å². The fraction of sp³-hybridized carbons (Fsp3) is 0.154. The molecular weight excluding hydrogens is 234 g/mol. The highest BCUT2D eigenvalue weighted by Gasteiger charge is 2.11. The number of aromatic nitrogens is 1. The number of fused-ring (bicyclic) bond motifs is 1. The van der Waals surface area contributed by atoms with E-state index in [1.165, 1.54) is 20.0 Å². The molecule has 0 aliphatic rings. The van der Waals surface area contributed by atoms with Gasteiger partial charge < -0.3 is 9.47 Å².